The van der Waals surface area contributed by atoms with Crippen molar-refractivity contribution in [2.45, 2.75) is 58.0 Å². The third-order valence-electron chi connectivity index (χ3n) is 5.92. The van der Waals surface area contributed by atoms with Gasteiger partial charge < -0.3 is 10.6 Å². The van der Waals surface area contributed by atoms with Crippen molar-refractivity contribution in [1.29, 1.82) is 0 Å². The van der Waals surface area contributed by atoms with Crippen LogP contribution in [0.1, 0.15) is 63.8 Å². The van der Waals surface area contributed by atoms with Gasteiger partial charge >= 0.3 is 6.03 Å². The maximum absolute atomic E-state index is 13.2. The summed E-state index contributed by atoms with van der Waals surface area (Å²) in [6, 6.07) is 14.1. The molecule has 1 saturated heterocycles. The van der Waals surface area contributed by atoms with Crippen LogP contribution < -0.4 is 10.6 Å². The zero-order chi connectivity index (χ0) is 23.7. The lowest BCUT2D eigenvalue weighted by molar-refractivity contribution is -0.135. The van der Waals surface area contributed by atoms with Crippen molar-refractivity contribution in [2.75, 3.05) is 6.54 Å². The Bertz CT molecular complexity index is 1010. The first kappa shape index (κ1) is 23.8. The molecule has 32 heavy (non-hydrogen) atoms. The zero-order valence-corrected chi connectivity index (χ0v) is 19.9. The van der Waals surface area contributed by atoms with E-state index in [1.54, 1.807) is 19.1 Å². The van der Waals surface area contributed by atoms with E-state index in [1.807, 2.05) is 43.3 Å². The first-order chi connectivity index (χ1) is 15.0. The number of benzene rings is 2. The van der Waals surface area contributed by atoms with Crippen LogP contribution in [0.4, 0.5) is 4.79 Å². The lowest BCUT2D eigenvalue weighted by Gasteiger charge is -2.25. The van der Waals surface area contributed by atoms with Crippen LogP contribution >= 0.6 is 11.6 Å². The fourth-order valence-corrected chi connectivity index (χ4v) is 3.97. The number of nitrogens with zero attached hydrogens (tertiary/aromatic N) is 1. The number of carbonyl (C=O) groups is 3. The van der Waals surface area contributed by atoms with Crippen LogP contribution in [0.3, 0.4) is 0 Å². The molecule has 1 aliphatic heterocycles. The van der Waals surface area contributed by atoms with Crippen molar-refractivity contribution >= 4 is 29.4 Å². The van der Waals surface area contributed by atoms with Gasteiger partial charge in [0.1, 0.15) is 12.1 Å². The number of urea groups is 1. The summed E-state index contributed by atoms with van der Waals surface area (Å²) in [6.45, 7) is 9.61. The Morgan fingerprint density at radius 3 is 2.22 bits per heavy atom. The van der Waals surface area contributed by atoms with Crippen LogP contribution in [0.15, 0.2) is 48.5 Å². The highest BCUT2D eigenvalue weighted by Gasteiger charge is 2.49. The first-order valence-electron chi connectivity index (χ1n) is 10.8. The Morgan fingerprint density at radius 1 is 1.09 bits per heavy atom. The molecule has 2 unspecified atom stereocenters. The van der Waals surface area contributed by atoms with E-state index in [9.17, 15) is 14.4 Å². The van der Waals surface area contributed by atoms with E-state index in [0.29, 0.717) is 17.0 Å². The fraction of sp³-hybridized carbons (Fsp3) is 0.400. The van der Waals surface area contributed by atoms with Gasteiger partial charge in [-0.25, -0.2) is 4.79 Å². The molecule has 3 rings (SSSR count). The predicted molar refractivity (Wildman–Crippen MR) is 125 cm³/mol. The molecule has 0 bridgehead atoms. The molecule has 1 aliphatic rings. The van der Waals surface area contributed by atoms with Crippen molar-refractivity contribution in [3.8, 4) is 0 Å². The second-order valence-corrected chi connectivity index (χ2v) is 9.79. The molecule has 2 N–H and O–H groups in total. The number of hydrogen-bond acceptors (Lipinski definition) is 3. The Morgan fingerprint density at radius 2 is 1.69 bits per heavy atom. The highest BCUT2D eigenvalue weighted by atomic mass is 35.5. The predicted octanol–water partition coefficient (Wildman–Crippen LogP) is 4.67. The van der Waals surface area contributed by atoms with E-state index in [1.165, 1.54) is 0 Å². The highest BCUT2D eigenvalue weighted by molar-refractivity contribution is 6.30. The molecule has 2 atom stereocenters. The summed E-state index contributed by atoms with van der Waals surface area (Å²) in [4.78, 5) is 39.4. The lowest BCUT2D eigenvalue weighted by atomic mass is 9.84. The van der Waals surface area contributed by atoms with E-state index < -0.39 is 23.4 Å². The van der Waals surface area contributed by atoms with Crippen molar-refractivity contribution in [3.05, 3.63) is 70.2 Å². The minimum atomic E-state index is -1.21. The van der Waals surface area contributed by atoms with Crippen LogP contribution in [0.5, 0.6) is 0 Å². The number of imide groups is 1. The average Bonchev–Trinajstić information content (AvgIpc) is 2.96. The van der Waals surface area contributed by atoms with E-state index in [4.69, 9.17) is 11.6 Å². The van der Waals surface area contributed by atoms with Gasteiger partial charge in [0, 0.05) is 5.02 Å². The molecule has 1 fully saturated rings. The third kappa shape index (κ3) is 4.80. The quantitative estimate of drug-likeness (QED) is 0.621. The minimum absolute atomic E-state index is 0.0214. The molecule has 2 aromatic carbocycles. The molecule has 6 nitrogen and oxygen atoms in total. The molecule has 1 heterocycles. The molecule has 0 spiro atoms. The zero-order valence-electron chi connectivity index (χ0n) is 19.2. The molecule has 0 radical (unpaired) electrons. The van der Waals surface area contributed by atoms with Gasteiger partial charge in [0.25, 0.3) is 5.91 Å². The van der Waals surface area contributed by atoms with Gasteiger partial charge in [-0.15, -0.1) is 0 Å². The second kappa shape index (κ2) is 8.94. The van der Waals surface area contributed by atoms with Crippen LogP contribution in [-0.4, -0.2) is 29.3 Å². The van der Waals surface area contributed by atoms with E-state index in [2.05, 4.69) is 31.4 Å². The van der Waals surface area contributed by atoms with Crippen LogP contribution in [-0.2, 0) is 20.5 Å². The van der Waals surface area contributed by atoms with Gasteiger partial charge in [0.05, 0.1) is 6.04 Å². The number of rotatable bonds is 6. The van der Waals surface area contributed by atoms with Gasteiger partial charge in [0.15, 0.2) is 0 Å². The molecule has 2 aromatic rings. The SMILES string of the molecule is CCC(NC(=O)CN1C(=O)NC(C)(c2ccc(C(C)(C)C)cc2)C1=O)c1ccc(Cl)cc1. The fourth-order valence-electron chi connectivity index (χ4n) is 3.84. The number of hydrogen-bond donors (Lipinski definition) is 2. The Hall–Kier alpha value is -2.86. The van der Waals surface area contributed by atoms with Crippen molar-refractivity contribution in [3.63, 3.8) is 0 Å². The molecule has 0 aromatic heterocycles. The van der Waals surface area contributed by atoms with Gasteiger partial charge in [-0.1, -0.05) is 75.7 Å². The maximum atomic E-state index is 13.2. The lowest BCUT2D eigenvalue weighted by Crippen LogP contribution is -2.43. The average molecular weight is 456 g/mol. The standard InChI is InChI=1S/C25H30ClN3O3/c1-6-20(16-7-13-19(26)14-8-16)27-21(30)15-29-22(31)25(5,28-23(29)32)18-11-9-17(10-12-18)24(2,3)4/h7-14,20H,6,15H2,1-5H3,(H,27,30)(H,28,32). The summed E-state index contributed by atoms with van der Waals surface area (Å²) in [5.41, 5.74) is 1.48. The Labute approximate surface area is 194 Å². The summed E-state index contributed by atoms with van der Waals surface area (Å²) in [7, 11) is 0. The summed E-state index contributed by atoms with van der Waals surface area (Å²) >= 11 is 5.94. The number of carbonyl (C=O) groups excluding carboxylic acids is 3. The summed E-state index contributed by atoms with van der Waals surface area (Å²) in [5.74, 6) is -0.844. The number of nitrogens with one attached hydrogen (secondary N) is 2. The highest BCUT2D eigenvalue weighted by Crippen LogP contribution is 2.31. The topological polar surface area (TPSA) is 78.5 Å². The molecular formula is C25H30ClN3O3. The van der Waals surface area contributed by atoms with Crippen LogP contribution in [0.25, 0.3) is 0 Å². The Kier molecular flexibility index (Phi) is 6.65. The second-order valence-electron chi connectivity index (χ2n) is 9.35. The maximum Gasteiger partial charge on any atom is 0.325 e. The van der Waals surface area contributed by atoms with Gasteiger partial charge in [-0.2, -0.15) is 0 Å². The smallest absolute Gasteiger partial charge is 0.325 e. The van der Waals surface area contributed by atoms with Crippen molar-refractivity contribution in [2.24, 2.45) is 0 Å². The van der Waals surface area contributed by atoms with Gasteiger partial charge in [0.2, 0.25) is 5.91 Å². The van der Waals surface area contributed by atoms with E-state index in [-0.39, 0.29) is 18.0 Å². The molecule has 4 amide bonds. The molecule has 170 valence electrons. The summed E-state index contributed by atoms with van der Waals surface area (Å²) in [5, 5.41) is 6.28. The molecular weight excluding hydrogens is 426 g/mol. The summed E-state index contributed by atoms with van der Waals surface area (Å²) in [6.07, 6.45) is 0.658. The Balaban J connectivity index is 1.72. The van der Waals surface area contributed by atoms with Gasteiger partial charge in [-0.3, -0.25) is 14.5 Å². The van der Waals surface area contributed by atoms with Crippen LogP contribution in [0, 0.1) is 0 Å². The minimum Gasteiger partial charge on any atom is -0.348 e. The molecule has 0 aliphatic carbocycles. The van der Waals surface area contributed by atoms with Crippen molar-refractivity contribution in [1.82, 2.24) is 15.5 Å². The normalized spacial score (nSPS) is 19.6. The third-order valence-corrected chi connectivity index (χ3v) is 6.17. The van der Waals surface area contributed by atoms with E-state index >= 15 is 0 Å². The monoisotopic (exact) mass is 455 g/mol. The number of amides is 4. The first-order valence-corrected chi connectivity index (χ1v) is 11.1. The summed E-state index contributed by atoms with van der Waals surface area (Å²) < 4.78 is 0. The molecule has 7 heteroatoms. The van der Waals surface area contributed by atoms with Gasteiger partial charge in [-0.05, 0) is 47.6 Å². The van der Waals surface area contributed by atoms with Crippen molar-refractivity contribution < 1.29 is 14.4 Å². The van der Waals surface area contributed by atoms with Crippen LogP contribution in [0.2, 0.25) is 5.02 Å². The number of halogens is 1. The van der Waals surface area contributed by atoms with E-state index in [0.717, 1.165) is 16.0 Å². The largest absolute Gasteiger partial charge is 0.348 e. The molecule has 0 saturated carbocycles.